The largest absolute Gasteiger partial charge is 0.320 e. The van der Waals surface area contributed by atoms with Gasteiger partial charge in [-0.2, -0.15) is 0 Å². The van der Waals surface area contributed by atoms with Crippen molar-refractivity contribution in [3.63, 3.8) is 0 Å². The van der Waals surface area contributed by atoms with Crippen LogP contribution in [0.1, 0.15) is 32.3 Å². The van der Waals surface area contributed by atoms with E-state index in [0.29, 0.717) is 23.0 Å². The Morgan fingerprint density at radius 3 is 2.81 bits per heavy atom. The first-order valence-corrected chi connectivity index (χ1v) is 9.04. The van der Waals surface area contributed by atoms with Crippen LogP contribution in [0.3, 0.4) is 0 Å². The molecular formula is C16H17N5O4S. The highest BCUT2D eigenvalue weighted by Crippen LogP contribution is 2.29. The zero-order valence-electron chi connectivity index (χ0n) is 14.3. The number of anilines is 1. The second-order valence-corrected chi connectivity index (χ2v) is 7.18. The minimum absolute atomic E-state index is 0.000700. The van der Waals surface area contributed by atoms with Crippen LogP contribution in [0.15, 0.2) is 28.4 Å². The molecule has 2 aliphatic heterocycles. The van der Waals surface area contributed by atoms with Gasteiger partial charge >= 0.3 is 0 Å². The van der Waals surface area contributed by atoms with Gasteiger partial charge in [0.1, 0.15) is 0 Å². The molecule has 2 amide bonds. The van der Waals surface area contributed by atoms with E-state index in [1.807, 2.05) is 6.92 Å². The van der Waals surface area contributed by atoms with E-state index in [0.717, 1.165) is 12.8 Å². The number of amidine groups is 1. The Hall–Kier alpha value is -2.75. The molecule has 1 fully saturated rings. The second kappa shape index (κ2) is 7.24. The van der Waals surface area contributed by atoms with Crippen molar-refractivity contribution in [2.24, 2.45) is 10.2 Å². The summed E-state index contributed by atoms with van der Waals surface area (Å²) in [5.74, 6) is -0.512. The highest BCUT2D eigenvalue weighted by Gasteiger charge is 2.35. The van der Waals surface area contributed by atoms with Gasteiger partial charge in [-0.15, -0.1) is 10.2 Å². The summed E-state index contributed by atoms with van der Waals surface area (Å²) in [5.41, 5.74) is 0.644. The Morgan fingerprint density at radius 2 is 2.12 bits per heavy atom. The van der Waals surface area contributed by atoms with E-state index in [1.165, 1.54) is 30.0 Å². The lowest BCUT2D eigenvalue weighted by atomic mass is 10.1. The Labute approximate surface area is 153 Å². The zero-order chi connectivity index (χ0) is 18.8. The predicted molar refractivity (Wildman–Crippen MR) is 99.4 cm³/mol. The van der Waals surface area contributed by atoms with Crippen molar-refractivity contribution in [1.82, 2.24) is 4.90 Å². The Balaban J connectivity index is 1.94. The van der Waals surface area contributed by atoms with Gasteiger partial charge in [0, 0.05) is 24.2 Å². The number of fused-ring (bicyclic) bond motifs is 1. The summed E-state index contributed by atoms with van der Waals surface area (Å²) in [6, 6.07) is 4.06. The number of thioether (sulfide) groups is 1. The number of benzene rings is 1. The maximum atomic E-state index is 12.2. The molecule has 2 aliphatic rings. The molecule has 1 N–H and O–H groups in total. The van der Waals surface area contributed by atoms with Gasteiger partial charge in [0.05, 0.1) is 15.9 Å². The molecule has 1 saturated heterocycles. The molecule has 1 unspecified atom stereocenters. The molecule has 0 radical (unpaired) electrons. The van der Waals surface area contributed by atoms with Crippen molar-refractivity contribution in [3.05, 3.63) is 33.9 Å². The number of rotatable bonds is 5. The number of unbranched alkanes of at least 4 members (excludes halogenated alkanes) is 1. The number of non-ortho nitro benzene ring substituents is 1. The lowest BCUT2D eigenvalue weighted by molar-refractivity contribution is -0.384. The second-order valence-electron chi connectivity index (χ2n) is 5.88. The summed E-state index contributed by atoms with van der Waals surface area (Å²) in [4.78, 5) is 36.3. The minimum Gasteiger partial charge on any atom is -0.320 e. The van der Waals surface area contributed by atoms with Gasteiger partial charge in [-0.25, -0.2) is 0 Å². The lowest BCUT2D eigenvalue weighted by Gasteiger charge is -2.14. The lowest BCUT2D eigenvalue weighted by Crippen LogP contribution is -2.32. The predicted octanol–water partition coefficient (Wildman–Crippen LogP) is 2.37. The molecule has 0 spiro atoms. The first kappa shape index (κ1) is 18.1. The molecule has 0 bridgehead atoms. The van der Waals surface area contributed by atoms with Crippen molar-refractivity contribution >= 4 is 45.8 Å². The van der Waals surface area contributed by atoms with Crippen LogP contribution in [0.2, 0.25) is 0 Å². The SMILES string of the molecule is CCCCN1C(=O)C(C)S/C1=N/N=C1C(=O)Nc2ccc([N+](=O)[O-])cc21. The summed E-state index contributed by atoms with van der Waals surface area (Å²) in [5, 5.41) is 21.9. The van der Waals surface area contributed by atoms with Crippen LogP contribution in [0.4, 0.5) is 11.4 Å². The van der Waals surface area contributed by atoms with Gasteiger partial charge in [0.2, 0.25) is 5.91 Å². The third-order valence-electron chi connectivity index (χ3n) is 4.03. The highest BCUT2D eigenvalue weighted by molar-refractivity contribution is 8.15. The normalized spacial score (nSPS) is 22.2. The average Bonchev–Trinajstić information content (AvgIpc) is 3.06. The van der Waals surface area contributed by atoms with E-state index in [1.54, 1.807) is 11.8 Å². The summed E-state index contributed by atoms with van der Waals surface area (Å²) < 4.78 is 0. The maximum absolute atomic E-state index is 12.2. The number of carbonyl (C=O) groups is 2. The molecule has 1 aromatic carbocycles. The van der Waals surface area contributed by atoms with E-state index < -0.39 is 10.8 Å². The molecule has 10 heteroatoms. The number of nitrogens with zero attached hydrogens (tertiary/aromatic N) is 4. The van der Waals surface area contributed by atoms with Crippen LogP contribution < -0.4 is 5.32 Å². The van der Waals surface area contributed by atoms with Crippen molar-refractivity contribution < 1.29 is 14.5 Å². The van der Waals surface area contributed by atoms with E-state index in [9.17, 15) is 19.7 Å². The minimum atomic E-state index is -0.535. The number of hydrogen-bond donors (Lipinski definition) is 1. The fourth-order valence-corrected chi connectivity index (χ4v) is 3.57. The van der Waals surface area contributed by atoms with Crippen LogP contribution in [-0.4, -0.2) is 44.3 Å². The summed E-state index contributed by atoms with van der Waals surface area (Å²) in [7, 11) is 0. The summed E-state index contributed by atoms with van der Waals surface area (Å²) in [6.07, 6.45) is 1.77. The van der Waals surface area contributed by atoms with E-state index in [2.05, 4.69) is 15.5 Å². The van der Waals surface area contributed by atoms with Gasteiger partial charge in [-0.1, -0.05) is 25.1 Å². The number of nitrogens with one attached hydrogen (secondary N) is 1. The van der Waals surface area contributed by atoms with Crippen LogP contribution in [0, 0.1) is 10.1 Å². The Morgan fingerprint density at radius 1 is 1.35 bits per heavy atom. The molecule has 136 valence electrons. The Bertz CT molecular complexity index is 851. The fourth-order valence-electron chi connectivity index (χ4n) is 2.63. The molecule has 2 heterocycles. The third-order valence-corrected chi connectivity index (χ3v) is 5.10. The van der Waals surface area contributed by atoms with E-state index >= 15 is 0 Å². The number of carbonyl (C=O) groups excluding carboxylic acids is 2. The van der Waals surface area contributed by atoms with Crippen molar-refractivity contribution in [1.29, 1.82) is 0 Å². The number of hydrogen-bond acceptors (Lipinski definition) is 7. The monoisotopic (exact) mass is 375 g/mol. The van der Waals surface area contributed by atoms with Gasteiger partial charge in [-0.05, 0) is 19.4 Å². The first-order chi connectivity index (χ1) is 12.4. The molecule has 26 heavy (non-hydrogen) atoms. The summed E-state index contributed by atoms with van der Waals surface area (Å²) >= 11 is 1.29. The van der Waals surface area contributed by atoms with E-state index in [4.69, 9.17) is 0 Å². The highest BCUT2D eigenvalue weighted by atomic mass is 32.2. The van der Waals surface area contributed by atoms with Gasteiger partial charge in [0.25, 0.3) is 11.6 Å². The van der Waals surface area contributed by atoms with Crippen LogP contribution in [-0.2, 0) is 9.59 Å². The molecular weight excluding hydrogens is 358 g/mol. The number of amides is 2. The third kappa shape index (κ3) is 3.32. The molecule has 9 nitrogen and oxygen atoms in total. The Kier molecular flexibility index (Phi) is 5.03. The summed E-state index contributed by atoms with van der Waals surface area (Å²) in [6.45, 7) is 4.37. The molecule has 3 rings (SSSR count). The van der Waals surface area contributed by atoms with Crippen LogP contribution in [0.25, 0.3) is 0 Å². The molecule has 0 aromatic heterocycles. The van der Waals surface area contributed by atoms with Crippen molar-refractivity contribution in [3.8, 4) is 0 Å². The average molecular weight is 375 g/mol. The van der Waals surface area contributed by atoms with E-state index in [-0.39, 0.29) is 22.6 Å². The number of nitro benzene ring substituents is 1. The van der Waals surface area contributed by atoms with Crippen LogP contribution in [0.5, 0.6) is 0 Å². The number of nitro groups is 1. The maximum Gasteiger partial charge on any atom is 0.276 e. The zero-order valence-corrected chi connectivity index (χ0v) is 15.1. The molecule has 1 atom stereocenters. The molecule has 0 saturated carbocycles. The topological polar surface area (TPSA) is 117 Å². The standard InChI is InChI=1S/C16H17N5O4S/c1-3-4-7-20-15(23)9(2)26-16(20)19-18-13-11-8-10(21(24)25)5-6-12(11)17-14(13)22/h5-6,8-9H,3-4,7H2,1-2H3,(H,17,18,22)/b19-16+. The molecule has 0 aliphatic carbocycles. The van der Waals surface area contributed by atoms with Crippen LogP contribution >= 0.6 is 11.8 Å². The van der Waals surface area contributed by atoms with Crippen molar-refractivity contribution in [2.75, 3.05) is 11.9 Å². The fraction of sp³-hybridized carbons (Fsp3) is 0.375. The van der Waals surface area contributed by atoms with Gasteiger partial charge < -0.3 is 5.32 Å². The van der Waals surface area contributed by atoms with Crippen molar-refractivity contribution in [2.45, 2.75) is 31.9 Å². The smallest absolute Gasteiger partial charge is 0.276 e. The quantitative estimate of drug-likeness (QED) is 0.626. The van der Waals surface area contributed by atoms with Gasteiger partial charge in [-0.3, -0.25) is 24.6 Å². The molecule has 1 aromatic rings. The van der Waals surface area contributed by atoms with Gasteiger partial charge in [0.15, 0.2) is 10.9 Å². The first-order valence-electron chi connectivity index (χ1n) is 8.16.